The van der Waals surface area contributed by atoms with Gasteiger partial charge in [0.1, 0.15) is 28.7 Å². The van der Waals surface area contributed by atoms with Crippen molar-refractivity contribution in [2.45, 2.75) is 31.5 Å². The number of rotatable bonds is 6. The van der Waals surface area contributed by atoms with Crippen molar-refractivity contribution in [2.24, 2.45) is 5.92 Å². The molecule has 1 aromatic carbocycles. The Labute approximate surface area is 232 Å². The number of benzene rings is 1. The van der Waals surface area contributed by atoms with Gasteiger partial charge in [0.05, 0.1) is 18.3 Å². The summed E-state index contributed by atoms with van der Waals surface area (Å²) in [6.45, 7) is 1.53. The van der Waals surface area contributed by atoms with Gasteiger partial charge in [0, 0.05) is 55.1 Å². The Morgan fingerprint density at radius 1 is 1.10 bits per heavy atom. The van der Waals surface area contributed by atoms with Crippen molar-refractivity contribution >= 4 is 29.0 Å². The predicted octanol–water partition coefficient (Wildman–Crippen LogP) is 3.82. The molecule has 13 heteroatoms. The maximum atomic E-state index is 13.0. The number of morpholine rings is 1. The number of imidazole rings is 1. The minimum atomic E-state index is -4.55. The van der Waals surface area contributed by atoms with E-state index in [2.05, 4.69) is 15.3 Å². The van der Waals surface area contributed by atoms with Crippen LogP contribution in [0.25, 0.3) is 16.8 Å². The van der Waals surface area contributed by atoms with Gasteiger partial charge in [0.2, 0.25) is 5.91 Å². The van der Waals surface area contributed by atoms with Crippen LogP contribution < -0.4 is 11.1 Å². The zero-order valence-corrected chi connectivity index (χ0v) is 21.8. The van der Waals surface area contributed by atoms with Gasteiger partial charge in [-0.2, -0.15) is 13.2 Å². The average Bonchev–Trinajstić information content (AvgIpc) is 3.75. The molecule has 1 saturated heterocycles. The van der Waals surface area contributed by atoms with Crippen LogP contribution in [0.5, 0.6) is 0 Å². The zero-order chi connectivity index (χ0) is 28.7. The van der Waals surface area contributed by atoms with Crippen LogP contribution in [0.15, 0.2) is 55.0 Å². The lowest BCUT2D eigenvalue weighted by Crippen LogP contribution is -2.47. The topological polar surface area (TPSA) is 128 Å². The molecule has 2 aliphatic rings. The quantitative estimate of drug-likeness (QED) is 0.364. The number of ether oxygens (including phenoxy) is 1. The van der Waals surface area contributed by atoms with E-state index >= 15 is 0 Å². The molecule has 6 rings (SSSR count). The highest BCUT2D eigenvalue weighted by atomic mass is 19.4. The summed E-state index contributed by atoms with van der Waals surface area (Å²) < 4.78 is 46.8. The van der Waals surface area contributed by atoms with Crippen LogP contribution in [-0.4, -0.2) is 61.9 Å². The van der Waals surface area contributed by atoms with Crippen LogP contribution in [0.4, 0.5) is 24.8 Å². The minimum absolute atomic E-state index is 0.143. The first kappa shape index (κ1) is 26.7. The highest BCUT2D eigenvalue weighted by molar-refractivity contribution is 6.04. The van der Waals surface area contributed by atoms with E-state index in [1.165, 1.54) is 0 Å². The zero-order valence-electron chi connectivity index (χ0n) is 21.8. The number of alkyl halides is 3. The lowest BCUT2D eigenvalue weighted by molar-refractivity contribution is -0.140. The van der Waals surface area contributed by atoms with Crippen molar-refractivity contribution < 1.29 is 27.5 Å². The Morgan fingerprint density at radius 2 is 1.88 bits per heavy atom. The second kappa shape index (κ2) is 10.5. The van der Waals surface area contributed by atoms with Crippen LogP contribution in [0.3, 0.4) is 0 Å². The number of hydrogen-bond donors (Lipinski definition) is 2. The number of pyridine rings is 1. The SMILES string of the molecule is Nc1nccn2c(CC3CN(C(=O)C4CC4)CCO3)nc(-c3ccc(C(=O)Nc4cc(C(F)(F)F)ccn4)cc3)c12. The van der Waals surface area contributed by atoms with Gasteiger partial charge in [-0.15, -0.1) is 0 Å². The van der Waals surface area contributed by atoms with E-state index in [0.717, 1.165) is 31.2 Å². The molecule has 41 heavy (non-hydrogen) atoms. The fraction of sp³-hybridized carbons (Fsp3) is 0.321. The molecular formula is C28H26F3N7O3. The molecule has 10 nitrogen and oxygen atoms in total. The summed E-state index contributed by atoms with van der Waals surface area (Å²) in [5.74, 6) is 0.471. The number of aromatic nitrogens is 4. The number of hydrogen-bond acceptors (Lipinski definition) is 7. The Kier molecular flexibility index (Phi) is 6.81. The van der Waals surface area contributed by atoms with Crippen molar-refractivity contribution in [1.82, 2.24) is 24.3 Å². The number of nitrogen functional groups attached to an aromatic ring is 1. The number of carbonyl (C=O) groups excluding carboxylic acids is 2. The first-order valence-corrected chi connectivity index (χ1v) is 13.1. The van der Waals surface area contributed by atoms with Gasteiger partial charge < -0.3 is 20.7 Å². The van der Waals surface area contributed by atoms with Crippen LogP contribution >= 0.6 is 0 Å². The molecule has 1 atom stereocenters. The number of carbonyl (C=O) groups is 2. The summed E-state index contributed by atoms with van der Waals surface area (Å²) in [4.78, 5) is 40.0. The fourth-order valence-electron chi connectivity index (χ4n) is 4.95. The summed E-state index contributed by atoms with van der Waals surface area (Å²) >= 11 is 0. The number of fused-ring (bicyclic) bond motifs is 1. The monoisotopic (exact) mass is 565 g/mol. The summed E-state index contributed by atoms with van der Waals surface area (Å²) in [5.41, 5.74) is 7.36. The highest BCUT2D eigenvalue weighted by Crippen LogP contribution is 2.33. The van der Waals surface area contributed by atoms with Crippen LogP contribution in [0, 0.1) is 5.92 Å². The number of halogens is 3. The molecule has 0 spiro atoms. The number of nitrogens with one attached hydrogen (secondary N) is 1. The third-order valence-electron chi connectivity index (χ3n) is 7.19. The highest BCUT2D eigenvalue weighted by Gasteiger charge is 2.36. The van der Waals surface area contributed by atoms with Crippen LogP contribution in [0.1, 0.15) is 34.6 Å². The standard InChI is InChI=1S/C28H26F3N7O3/c29-28(30,31)19-7-8-33-21(13-19)35-26(39)17-3-1-16(2-4-17)23-24-25(32)34-9-10-38(24)22(36-23)14-20-15-37(11-12-41-20)27(40)18-5-6-18/h1-4,7-10,13,18,20H,5-6,11-12,14-15H2,(H2,32,34)(H,33,35,39). The summed E-state index contributed by atoms with van der Waals surface area (Å²) in [6, 6.07) is 8.06. The normalized spacial score (nSPS) is 17.5. The molecule has 1 saturated carbocycles. The molecule has 3 N–H and O–H groups in total. The molecule has 1 aliphatic carbocycles. The molecule has 4 heterocycles. The predicted molar refractivity (Wildman–Crippen MR) is 143 cm³/mol. The van der Waals surface area contributed by atoms with E-state index in [4.69, 9.17) is 15.5 Å². The molecule has 2 fully saturated rings. The van der Waals surface area contributed by atoms with Crippen molar-refractivity contribution in [1.29, 1.82) is 0 Å². The van der Waals surface area contributed by atoms with E-state index in [1.807, 2.05) is 9.30 Å². The number of amides is 2. The van der Waals surface area contributed by atoms with Crippen molar-refractivity contribution in [3.63, 3.8) is 0 Å². The Hall–Kier alpha value is -4.52. The van der Waals surface area contributed by atoms with Gasteiger partial charge in [-0.1, -0.05) is 12.1 Å². The minimum Gasteiger partial charge on any atom is -0.382 e. The summed E-state index contributed by atoms with van der Waals surface area (Å²) in [6.07, 6.45) is 1.90. The third kappa shape index (κ3) is 5.57. The molecule has 0 bridgehead atoms. The number of nitrogens with two attached hydrogens (primary N) is 1. The average molecular weight is 566 g/mol. The molecule has 3 aromatic heterocycles. The number of anilines is 2. The lowest BCUT2D eigenvalue weighted by atomic mass is 10.1. The van der Waals surface area contributed by atoms with E-state index < -0.39 is 17.6 Å². The molecule has 2 amide bonds. The van der Waals surface area contributed by atoms with Crippen molar-refractivity contribution in [3.8, 4) is 11.3 Å². The molecule has 1 unspecified atom stereocenters. The molecular weight excluding hydrogens is 539 g/mol. The molecule has 0 radical (unpaired) electrons. The van der Waals surface area contributed by atoms with Crippen LogP contribution in [0.2, 0.25) is 0 Å². The second-order valence-corrected chi connectivity index (χ2v) is 10.1. The van der Waals surface area contributed by atoms with Gasteiger partial charge in [-0.05, 0) is 37.1 Å². The first-order valence-electron chi connectivity index (χ1n) is 13.1. The van der Waals surface area contributed by atoms with Gasteiger partial charge in [-0.25, -0.2) is 15.0 Å². The van der Waals surface area contributed by atoms with Gasteiger partial charge in [-0.3, -0.25) is 14.0 Å². The first-order chi connectivity index (χ1) is 19.7. The Bertz CT molecular complexity index is 1620. The molecule has 212 valence electrons. The van der Waals surface area contributed by atoms with Gasteiger partial charge >= 0.3 is 6.18 Å². The van der Waals surface area contributed by atoms with Gasteiger partial charge in [0.15, 0.2) is 0 Å². The smallest absolute Gasteiger partial charge is 0.382 e. The van der Waals surface area contributed by atoms with Crippen molar-refractivity contribution in [3.05, 3.63) is 71.9 Å². The second-order valence-electron chi connectivity index (χ2n) is 10.1. The van der Waals surface area contributed by atoms with Crippen LogP contribution in [-0.2, 0) is 22.1 Å². The van der Waals surface area contributed by atoms with E-state index in [1.54, 1.807) is 36.7 Å². The summed E-state index contributed by atoms with van der Waals surface area (Å²) in [7, 11) is 0. The lowest BCUT2D eigenvalue weighted by Gasteiger charge is -2.33. The maximum absolute atomic E-state index is 13.0. The maximum Gasteiger partial charge on any atom is 0.416 e. The summed E-state index contributed by atoms with van der Waals surface area (Å²) in [5, 5.41) is 2.40. The third-order valence-corrected chi connectivity index (χ3v) is 7.19. The van der Waals surface area contributed by atoms with E-state index in [0.29, 0.717) is 48.7 Å². The van der Waals surface area contributed by atoms with Crippen molar-refractivity contribution in [2.75, 3.05) is 30.7 Å². The molecule has 4 aromatic rings. The fourth-order valence-corrected chi connectivity index (χ4v) is 4.95. The van der Waals surface area contributed by atoms with E-state index in [-0.39, 0.29) is 35.1 Å². The van der Waals surface area contributed by atoms with Gasteiger partial charge in [0.25, 0.3) is 5.91 Å². The van der Waals surface area contributed by atoms with E-state index in [9.17, 15) is 22.8 Å². The Balaban J connectivity index is 1.22. The molecule has 1 aliphatic heterocycles. The largest absolute Gasteiger partial charge is 0.416 e. The number of nitrogens with zero attached hydrogens (tertiary/aromatic N) is 5. The Morgan fingerprint density at radius 3 is 2.61 bits per heavy atom.